The van der Waals surface area contributed by atoms with Gasteiger partial charge in [0.1, 0.15) is 5.82 Å². The lowest BCUT2D eigenvalue weighted by atomic mass is 10.1. The number of aromatic nitrogens is 3. The van der Waals surface area contributed by atoms with Crippen LogP contribution >= 0.6 is 11.8 Å². The first kappa shape index (κ1) is 21.1. The molecule has 0 aliphatic heterocycles. The Bertz CT molecular complexity index is 749. The zero-order valence-electron chi connectivity index (χ0n) is 16.4. The summed E-state index contributed by atoms with van der Waals surface area (Å²) >= 11 is 1.41. The highest BCUT2D eigenvalue weighted by atomic mass is 32.2. The second-order valence-corrected chi connectivity index (χ2v) is 7.08. The number of unbranched alkanes of at least 4 members (excludes halogenated alkanes) is 1. The van der Waals surface area contributed by atoms with E-state index >= 15 is 0 Å². The van der Waals surface area contributed by atoms with Crippen LogP contribution in [0.3, 0.4) is 0 Å². The van der Waals surface area contributed by atoms with Crippen LogP contribution in [0.5, 0.6) is 11.5 Å². The summed E-state index contributed by atoms with van der Waals surface area (Å²) in [6.07, 6.45) is 3.85. The van der Waals surface area contributed by atoms with Crippen molar-refractivity contribution < 1.29 is 14.3 Å². The van der Waals surface area contributed by atoms with Gasteiger partial charge in [0.15, 0.2) is 16.7 Å². The average molecular weight is 393 g/mol. The van der Waals surface area contributed by atoms with Crippen molar-refractivity contribution >= 4 is 17.7 Å². The second-order valence-electron chi connectivity index (χ2n) is 6.14. The zero-order chi connectivity index (χ0) is 19.6. The quantitative estimate of drug-likeness (QED) is 0.592. The van der Waals surface area contributed by atoms with Crippen LogP contribution in [0.25, 0.3) is 0 Å². The number of aryl methyl sites for hydroxylation is 1. The molecule has 0 radical (unpaired) electrons. The Labute approximate surface area is 164 Å². The molecule has 0 fully saturated rings. The Kier molecular flexibility index (Phi) is 8.44. The van der Waals surface area contributed by atoms with E-state index in [2.05, 4.69) is 22.4 Å². The third-order valence-corrected chi connectivity index (χ3v) is 5.22. The lowest BCUT2D eigenvalue weighted by Gasteiger charge is -2.10. The monoisotopic (exact) mass is 392 g/mol. The fraction of sp³-hybridized carbons (Fsp3) is 0.526. The number of benzene rings is 1. The number of nitrogens with zero attached hydrogens (tertiary/aromatic N) is 3. The molecule has 1 heterocycles. The number of nitrogens with one attached hydrogen (secondary N) is 1. The first-order valence-corrected chi connectivity index (χ1v) is 10.1. The molecule has 7 nitrogen and oxygen atoms in total. The second kappa shape index (κ2) is 10.8. The van der Waals surface area contributed by atoms with E-state index in [1.165, 1.54) is 11.8 Å². The Morgan fingerprint density at radius 2 is 1.96 bits per heavy atom. The van der Waals surface area contributed by atoms with E-state index in [0.717, 1.165) is 42.2 Å². The van der Waals surface area contributed by atoms with Gasteiger partial charge in [-0.25, -0.2) is 0 Å². The Balaban J connectivity index is 1.76. The van der Waals surface area contributed by atoms with Crippen molar-refractivity contribution in [1.82, 2.24) is 20.1 Å². The number of methoxy groups -OCH3 is 2. The molecular weight excluding hydrogens is 364 g/mol. The Hall–Kier alpha value is -2.22. The van der Waals surface area contributed by atoms with Crippen molar-refractivity contribution in [3.8, 4) is 11.5 Å². The minimum atomic E-state index is -0.0152. The third-order valence-electron chi connectivity index (χ3n) is 4.20. The number of hydrogen-bond acceptors (Lipinski definition) is 6. The maximum absolute atomic E-state index is 12.1. The molecule has 0 atom stereocenters. The largest absolute Gasteiger partial charge is 0.493 e. The highest BCUT2D eigenvalue weighted by molar-refractivity contribution is 7.99. The standard InChI is InChI=1S/C19H28N4O3S/c1-5-6-7-17-21-22-19(23(17)2)27-13-18(24)20-11-10-14-8-9-15(25-3)16(12-14)26-4/h8-9,12H,5-7,10-11,13H2,1-4H3,(H,20,24). The van der Waals surface area contributed by atoms with Crippen LogP contribution in [0.15, 0.2) is 23.4 Å². The summed E-state index contributed by atoms with van der Waals surface area (Å²) in [5, 5.41) is 12.1. The van der Waals surface area contributed by atoms with Gasteiger partial charge in [0.05, 0.1) is 20.0 Å². The molecule has 0 saturated heterocycles. The van der Waals surface area contributed by atoms with Gasteiger partial charge in [0.25, 0.3) is 0 Å². The Morgan fingerprint density at radius 1 is 1.19 bits per heavy atom. The molecule has 0 unspecified atom stereocenters. The number of hydrogen-bond donors (Lipinski definition) is 1. The average Bonchev–Trinajstić information content (AvgIpc) is 3.04. The molecular formula is C19H28N4O3S. The van der Waals surface area contributed by atoms with Gasteiger partial charge in [0, 0.05) is 20.0 Å². The summed E-state index contributed by atoms with van der Waals surface area (Å²) in [4.78, 5) is 12.1. The van der Waals surface area contributed by atoms with Crippen molar-refractivity contribution in [3.63, 3.8) is 0 Å². The van der Waals surface area contributed by atoms with E-state index in [-0.39, 0.29) is 5.91 Å². The van der Waals surface area contributed by atoms with E-state index in [1.54, 1.807) is 14.2 Å². The normalized spacial score (nSPS) is 10.7. The van der Waals surface area contributed by atoms with Crippen molar-refractivity contribution in [3.05, 3.63) is 29.6 Å². The van der Waals surface area contributed by atoms with Crippen molar-refractivity contribution in [2.45, 2.75) is 37.8 Å². The van der Waals surface area contributed by atoms with E-state index in [9.17, 15) is 4.79 Å². The number of thioether (sulfide) groups is 1. The summed E-state index contributed by atoms with van der Waals surface area (Å²) in [5.74, 6) is 2.67. The summed E-state index contributed by atoms with van der Waals surface area (Å²) in [5.41, 5.74) is 1.08. The van der Waals surface area contributed by atoms with Gasteiger partial charge in [-0.15, -0.1) is 10.2 Å². The van der Waals surface area contributed by atoms with Crippen molar-refractivity contribution in [1.29, 1.82) is 0 Å². The SMILES string of the molecule is CCCCc1nnc(SCC(=O)NCCc2ccc(OC)c(OC)c2)n1C. The molecule has 0 saturated carbocycles. The van der Waals surface area contributed by atoms with Crippen LogP contribution in [0.2, 0.25) is 0 Å². The van der Waals surface area contributed by atoms with Crippen LogP contribution in [0.1, 0.15) is 31.2 Å². The number of amides is 1. The van der Waals surface area contributed by atoms with Gasteiger partial charge in [-0.3, -0.25) is 4.79 Å². The molecule has 2 rings (SSSR count). The molecule has 0 spiro atoms. The van der Waals surface area contributed by atoms with Gasteiger partial charge < -0.3 is 19.4 Å². The van der Waals surface area contributed by atoms with Gasteiger partial charge in [-0.05, 0) is 30.5 Å². The molecule has 1 aromatic carbocycles. The number of carbonyl (C=O) groups excluding carboxylic acids is 1. The Morgan fingerprint density at radius 3 is 2.67 bits per heavy atom. The van der Waals surface area contributed by atoms with Crippen molar-refractivity contribution in [2.75, 3.05) is 26.5 Å². The number of carbonyl (C=O) groups is 1. The number of ether oxygens (including phenoxy) is 2. The minimum Gasteiger partial charge on any atom is -0.493 e. The molecule has 2 aromatic rings. The van der Waals surface area contributed by atoms with Gasteiger partial charge in [0.2, 0.25) is 5.91 Å². The molecule has 1 aromatic heterocycles. The van der Waals surface area contributed by atoms with E-state index < -0.39 is 0 Å². The summed E-state index contributed by atoms with van der Waals surface area (Å²) < 4.78 is 12.5. The molecule has 148 valence electrons. The first-order chi connectivity index (χ1) is 13.1. The fourth-order valence-corrected chi connectivity index (χ4v) is 3.35. The summed E-state index contributed by atoms with van der Waals surface area (Å²) in [6.45, 7) is 2.72. The van der Waals surface area contributed by atoms with Crippen LogP contribution in [0.4, 0.5) is 0 Å². The molecule has 0 bridgehead atoms. The molecule has 1 N–H and O–H groups in total. The van der Waals surface area contributed by atoms with E-state index in [1.807, 2.05) is 29.8 Å². The predicted octanol–water partition coefficient (Wildman–Crippen LogP) is 2.63. The molecule has 8 heteroatoms. The smallest absolute Gasteiger partial charge is 0.230 e. The van der Waals surface area contributed by atoms with Crippen LogP contribution < -0.4 is 14.8 Å². The maximum atomic E-state index is 12.1. The topological polar surface area (TPSA) is 78.3 Å². The molecule has 0 aliphatic carbocycles. The van der Waals surface area contributed by atoms with Crippen LogP contribution in [-0.4, -0.2) is 47.2 Å². The van der Waals surface area contributed by atoms with E-state index in [0.29, 0.717) is 23.8 Å². The minimum absolute atomic E-state index is 0.0152. The van der Waals surface area contributed by atoms with Crippen LogP contribution in [-0.2, 0) is 24.7 Å². The van der Waals surface area contributed by atoms with Gasteiger partial charge in [-0.1, -0.05) is 31.2 Å². The fourth-order valence-electron chi connectivity index (χ4n) is 2.59. The van der Waals surface area contributed by atoms with Crippen molar-refractivity contribution in [2.24, 2.45) is 7.05 Å². The molecule has 27 heavy (non-hydrogen) atoms. The third kappa shape index (κ3) is 6.16. The van der Waals surface area contributed by atoms with E-state index in [4.69, 9.17) is 9.47 Å². The highest BCUT2D eigenvalue weighted by Gasteiger charge is 2.11. The zero-order valence-corrected chi connectivity index (χ0v) is 17.3. The lowest BCUT2D eigenvalue weighted by molar-refractivity contribution is -0.118. The lowest BCUT2D eigenvalue weighted by Crippen LogP contribution is -2.27. The maximum Gasteiger partial charge on any atom is 0.230 e. The molecule has 0 aliphatic rings. The predicted molar refractivity (Wildman–Crippen MR) is 107 cm³/mol. The highest BCUT2D eigenvalue weighted by Crippen LogP contribution is 2.27. The van der Waals surface area contributed by atoms with Crippen LogP contribution in [0, 0.1) is 0 Å². The van der Waals surface area contributed by atoms with Gasteiger partial charge in [-0.2, -0.15) is 0 Å². The molecule has 1 amide bonds. The summed E-state index contributed by atoms with van der Waals surface area (Å²) in [6, 6.07) is 5.77. The van der Waals surface area contributed by atoms with Gasteiger partial charge >= 0.3 is 0 Å². The summed E-state index contributed by atoms with van der Waals surface area (Å²) in [7, 11) is 5.17. The number of rotatable bonds is 11. The first-order valence-electron chi connectivity index (χ1n) is 9.07.